The molecule has 1 aromatic heterocycles. The van der Waals surface area contributed by atoms with E-state index >= 15 is 0 Å². The molecule has 9 rings (SSSR count). The highest BCUT2D eigenvalue weighted by Crippen LogP contribution is 2.53. The van der Waals surface area contributed by atoms with Gasteiger partial charge in [-0.05, 0) is 66.7 Å². The van der Waals surface area contributed by atoms with Gasteiger partial charge in [0.1, 0.15) is 11.5 Å². The lowest BCUT2D eigenvalue weighted by atomic mass is 9.83. The Bertz CT molecular complexity index is 2270. The molecule has 41 heavy (non-hydrogen) atoms. The van der Waals surface area contributed by atoms with E-state index in [9.17, 15) is 0 Å². The highest BCUT2D eigenvalue weighted by Gasteiger charge is 2.26. The Morgan fingerprint density at radius 3 is 1.68 bits per heavy atom. The van der Waals surface area contributed by atoms with E-state index in [1.165, 1.54) is 54.6 Å². The predicted octanol–water partition coefficient (Wildman–Crippen LogP) is 10.8. The standard InChI is InChI=1S/C39H23NO/c1-2-11-24(12-3-1)36-28-16-6-8-18-30(28)38(31-19-9-7-17-29(31)36)32-21-35-39(27-15-5-4-14-26(27)32)33-23-40-22-25-13-10-20-34(41-35)37(25)33/h1-23H. The number of ether oxygens (including phenoxy) is 1. The number of fused-ring (bicyclic) bond motifs is 6. The molecule has 7 aromatic carbocycles. The molecule has 1 aliphatic rings. The maximum Gasteiger partial charge on any atom is 0.136 e. The normalized spacial score (nSPS) is 12.1. The van der Waals surface area contributed by atoms with E-state index in [0.717, 1.165) is 33.4 Å². The third-order valence-electron chi connectivity index (χ3n) is 8.51. The molecular weight excluding hydrogens is 498 g/mol. The van der Waals surface area contributed by atoms with E-state index in [-0.39, 0.29) is 0 Å². The molecule has 0 aliphatic carbocycles. The SMILES string of the molecule is c1ccc(-c2c3ccccc3c(-c3cc4c(c5ccccc35)-c3cncc5cccc(c35)O4)c3ccccc23)cc1. The minimum atomic E-state index is 0.868. The smallest absolute Gasteiger partial charge is 0.136 e. The van der Waals surface area contributed by atoms with Gasteiger partial charge in [0.05, 0.1) is 0 Å². The van der Waals surface area contributed by atoms with Gasteiger partial charge in [-0.15, -0.1) is 0 Å². The Morgan fingerprint density at radius 1 is 0.415 bits per heavy atom. The van der Waals surface area contributed by atoms with Gasteiger partial charge in [-0.25, -0.2) is 0 Å². The zero-order valence-electron chi connectivity index (χ0n) is 22.1. The van der Waals surface area contributed by atoms with Gasteiger partial charge >= 0.3 is 0 Å². The molecule has 2 heterocycles. The van der Waals surface area contributed by atoms with Crippen molar-refractivity contribution in [2.24, 2.45) is 0 Å². The summed E-state index contributed by atoms with van der Waals surface area (Å²) in [6.45, 7) is 0. The van der Waals surface area contributed by atoms with Crippen LogP contribution in [0.5, 0.6) is 11.5 Å². The fourth-order valence-electron chi connectivity index (χ4n) is 6.84. The highest BCUT2D eigenvalue weighted by atomic mass is 16.5. The lowest BCUT2D eigenvalue weighted by Gasteiger charge is -2.25. The zero-order chi connectivity index (χ0) is 26.9. The van der Waals surface area contributed by atoms with Crippen molar-refractivity contribution >= 4 is 43.1 Å². The third kappa shape index (κ3) is 3.16. The highest BCUT2D eigenvalue weighted by molar-refractivity contribution is 6.25. The molecule has 0 spiro atoms. The van der Waals surface area contributed by atoms with Crippen LogP contribution in [0.25, 0.3) is 76.5 Å². The average molecular weight is 522 g/mol. The van der Waals surface area contributed by atoms with Crippen molar-refractivity contribution in [3.63, 3.8) is 0 Å². The van der Waals surface area contributed by atoms with Crippen molar-refractivity contribution in [2.75, 3.05) is 0 Å². The van der Waals surface area contributed by atoms with Crippen LogP contribution < -0.4 is 4.74 Å². The van der Waals surface area contributed by atoms with Crippen molar-refractivity contribution < 1.29 is 4.74 Å². The van der Waals surface area contributed by atoms with Gasteiger partial charge in [0.2, 0.25) is 0 Å². The summed E-state index contributed by atoms with van der Waals surface area (Å²) in [4.78, 5) is 4.61. The molecule has 0 saturated heterocycles. The molecule has 8 aromatic rings. The van der Waals surface area contributed by atoms with Crippen molar-refractivity contribution in [2.45, 2.75) is 0 Å². The Balaban J connectivity index is 1.45. The third-order valence-corrected chi connectivity index (χ3v) is 8.51. The number of rotatable bonds is 2. The lowest BCUT2D eigenvalue weighted by molar-refractivity contribution is 0.488. The van der Waals surface area contributed by atoms with Crippen molar-refractivity contribution in [3.8, 4) is 44.9 Å². The molecule has 0 amide bonds. The maximum absolute atomic E-state index is 6.71. The summed E-state index contributed by atoms with van der Waals surface area (Å²) in [5, 5.41) is 9.54. The number of aromatic nitrogens is 1. The van der Waals surface area contributed by atoms with E-state index < -0.39 is 0 Å². The summed E-state index contributed by atoms with van der Waals surface area (Å²) in [6, 6.07) is 45.5. The second-order valence-corrected chi connectivity index (χ2v) is 10.7. The van der Waals surface area contributed by atoms with Crippen LogP contribution in [0.15, 0.2) is 140 Å². The number of benzene rings is 7. The Kier molecular flexibility index (Phi) is 4.64. The van der Waals surface area contributed by atoms with Gasteiger partial charge in [0, 0.05) is 34.3 Å². The first-order valence-electron chi connectivity index (χ1n) is 14.0. The molecule has 0 fully saturated rings. The summed E-state index contributed by atoms with van der Waals surface area (Å²) < 4.78 is 6.71. The fourth-order valence-corrected chi connectivity index (χ4v) is 6.84. The van der Waals surface area contributed by atoms with E-state index in [1.54, 1.807) is 0 Å². The van der Waals surface area contributed by atoms with Crippen LogP contribution in [-0.4, -0.2) is 4.98 Å². The first-order valence-corrected chi connectivity index (χ1v) is 14.0. The Labute approximate surface area is 237 Å². The minimum Gasteiger partial charge on any atom is -0.456 e. The van der Waals surface area contributed by atoms with Crippen molar-refractivity contribution in [1.29, 1.82) is 0 Å². The second-order valence-electron chi connectivity index (χ2n) is 10.7. The topological polar surface area (TPSA) is 22.1 Å². The van der Waals surface area contributed by atoms with Crippen LogP contribution in [0.3, 0.4) is 0 Å². The van der Waals surface area contributed by atoms with Crippen LogP contribution in [0, 0.1) is 0 Å². The van der Waals surface area contributed by atoms with Gasteiger partial charge < -0.3 is 4.74 Å². The Hall–Kier alpha value is -5.47. The second kappa shape index (κ2) is 8.51. The summed E-state index contributed by atoms with van der Waals surface area (Å²) in [5.74, 6) is 1.75. The average Bonchev–Trinajstić information content (AvgIpc) is 3.04. The Morgan fingerprint density at radius 2 is 1.00 bits per heavy atom. The molecule has 0 radical (unpaired) electrons. The molecule has 190 valence electrons. The molecule has 0 saturated carbocycles. The zero-order valence-corrected chi connectivity index (χ0v) is 22.1. The van der Waals surface area contributed by atoms with Gasteiger partial charge in [0.15, 0.2) is 0 Å². The summed E-state index contributed by atoms with van der Waals surface area (Å²) in [5.41, 5.74) is 7.12. The number of hydrogen-bond donors (Lipinski definition) is 0. The van der Waals surface area contributed by atoms with Gasteiger partial charge in [-0.3, -0.25) is 4.98 Å². The molecule has 0 bridgehead atoms. The molecule has 2 nitrogen and oxygen atoms in total. The van der Waals surface area contributed by atoms with Crippen molar-refractivity contribution in [1.82, 2.24) is 4.98 Å². The van der Waals surface area contributed by atoms with E-state index in [4.69, 9.17) is 4.74 Å². The molecule has 0 N–H and O–H groups in total. The van der Waals surface area contributed by atoms with Crippen LogP contribution in [0.1, 0.15) is 0 Å². The molecule has 0 unspecified atom stereocenters. The van der Waals surface area contributed by atoms with Crippen LogP contribution in [0.4, 0.5) is 0 Å². The van der Waals surface area contributed by atoms with Crippen LogP contribution in [-0.2, 0) is 0 Å². The minimum absolute atomic E-state index is 0.868. The number of hydrogen-bond acceptors (Lipinski definition) is 2. The quantitative estimate of drug-likeness (QED) is 0.211. The largest absolute Gasteiger partial charge is 0.456 e. The number of pyridine rings is 1. The molecular formula is C39H23NO. The van der Waals surface area contributed by atoms with Crippen LogP contribution in [0.2, 0.25) is 0 Å². The van der Waals surface area contributed by atoms with Gasteiger partial charge in [-0.1, -0.05) is 115 Å². The summed E-state index contributed by atoms with van der Waals surface area (Å²) in [6.07, 6.45) is 3.90. The van der Waals surface area contributed by atoms with Gasteiger partial charge in [0.25, 0.3) is 0 Å². The van der Waals surface area contributed by atoms with Crippen LogP contribution >= 0.6 is 0 Å². The fraction of sp³-hybridized carbons (Fsp3) is 0. The van der Waals surface area contributed by atoms with Gasteiger partial charge in [-0.2, -0.15) is 0 Å². The lowest BCUT2D eigenvalue weighted by Crippen LogP contribution is -2.00. The van der Waals surface area contributed by atoms with Crippen molar-refractivity contribution in [3.05, 3.63) is 140 Å². The first-order chi connectivity index (χ1) is 20.4. The summed E-state index contributed by atoms with van der Waals surface area (Å²) in [7, 11) is 0. The van der Waals surface area contributed by atoms with E-state index in [0.29, 0.717) is 0 Å². The monoisotopic (exact) mass is 521 g/mol. The molecule has 2 heteroatoms. The van der Waals surface area contributed by atoms with E-state index in [2.05, 4.69) is 126 Å². The number of nitrogens with zero attached hydrogens (tertiary/aromatic N) is 1. The van der Waals surface area contributed by atoms with E-state index in [1.807, 2.05) is 18.5 Å². The first kappa shape index (κ1) is 22.4. The molecule has 1 aliphatic heterocycles. The predicted molar refractivity (Wildman–Crippen MR) is 171 cm³/mol. The molecule has 0 atom stereocenters. The maximum atomic E-state index is 6.71. The summed E-state index contributed by atoms with van der Waals surface area (Å²) >= 11 is 0.